The van der Waals surface area contributed by atoms with E-state index in [9.17, 15) is 14.9 Å². The zero-order chi connectivity index (χ0) is 16.8. The van der Waals surface area contributed by atoms with Gasteiger partial charge in [-0.3, -0.25) is 14.9 Å². The van der Waals surface area contributed by atoms with Gasteiger partial charge in [0.2, 0.25) is 0 Å². The third-order valence-corrected chi connectivity index (χ3v) is 3.99. The second kappa shape index (κ2) is 7.55. The molecule has 1 N–H and O–H groups in total. The molecule has 23 heavy (non-hydrogen) atoms. The number of benzene rings is 2. The fourth-order valence-electron chi connectivity index (χ4n) is 1.98. The first-order valence-electron chi connectivity index (χ1n) is 6.74. The van der Waals surface area contributed by atoms with Crippen LogP contribution in [-0.2, 0) is 0 Å². The van der Waals surface area contributed by atoms with Gasteiger partial charge in [0.25, 0.3) is 11.6 Å². The van der Waals surface area contributed by atoms with E-state index in [-0.39, 0.29) is 11.3 Å². The molecule has 0 atom stereocenters. The maximum atomic E-state index is 12.1. The number of amides is 1. The zero-order valence-corrected chi connectivity index (χ0v) is 13.5. The van der Waals surface area contributed by atoms with E-state index in [1.54, 1.807) is 11.8 Å². The van der Waals surface area contributed by atoms with E-state index < -0.39 is 10.8 Å². The van der Waals surface area contributed by atoms with Crippen molar-refractivity contribution in [1.29, 1.82) is 0 Å². The standard InChI is InChI=1S/C16H15N3O3S/c1-11-14(4-3-5-15(11)19(21)22)16(20)18-17-10-12-6-8-13(23-2)9-7-12/h3-10H,1-2H3,(H,18,20)/b17-10-. The average molecular weight is 329 g/mol. The first-order chi connectivity index (χ1) is 11.0. The minimum Gasteiger partial charge on any atom is -0.267 e. The molecule has 0 spiro atoms. The lowest BCUT2D eigenvalue weighted by Gasteiger charge is -2.04. The molecular weight excluding hydrogens is 314 g/mol. The highest BCUT2D eigenvalue weighted by molar-refractivity contribution is 7.98. The molecule has 1 amide bonds. The molecule has 0 saturated carbocycles. The minimum absolute atomic E-state index is 0.0886. The minimum atomic E-state index is -0.511. The predicted octanol–water partition coefficient (Wildman–Crippen LogP) is 3.39. The van der Waals surface area contributed by atoms with E-state index >= 15 is 0 Å². The third kappa shape index (κ3) is 4.17. The number of hydrogen-bond acceptors (Lipinski definition) is 5. The Morgan fingerprint density at radius 2 is 1.96 bits per heavy atom. The van der Waals surface area contributed by atoms with Crippen molar-refractivity contribution in [2.75, 3.05) is 6.26 Å². The van der Waals surface area contributed by atoms with E-state index in [0.717, 1.165) is 10.5 Å². The molecule has 0 fully saturated rings. The quantitative estimate of drug-likeness (QED) is 0.394. The Balaban J connectivity index is 2.08. The first kappa shape index (κ1) is 16.7. The molecule has 0 aliphatic heterocycles. The summed E-state index contributed by atoms with van der Waals surface area (Å²) >= 11 is 1.64. The fourth-order valence-corrected chi connectivity index (χ4v) is 2.39. The van der Waals surface area contributed by atoms with Crippen molar-refractivity contribution in [3.05, 3.63) is 69.3 Å². The molecule has 0 unspecified atom stereocenters. The van der Waals surface area contributed by atoms with Gasteiger partial charge < -0.3 is 0 Å². The Kier molecular flexibility index (Phi) is 5.48. The molecule has 2 aromatic carbocycles. The van der Waals surface area contributed by atoms with Crippen LogP contribution in [0.4, 0.5) is 5.69 Å². The van der Waals surface area contributed by atoms with Gasteiger partial charge in [-0.2, -0.15) is 5.10 Å². The maximum Gasteiger partial charge on any atom is 0.273 e. The number of thioether (sulfide) groups is 1. The number of hydrazone groups is 1. The predicted molar refractivity (Wildman–Crippen MR) is 91.1 cm³/mol. The van der Waals surface area contributed by atoms with Crippen molar-refractivity contribution >= 4 is 29.6 Å². The molecule has 2 aromatic rings. The molecular formula is C16H15N3O3S. The summed E-state index contributed by atoms with van der Waals surface area (Å²) in [5.41, 5.74) is 3.69. The number of nitrogens with zero attached hydrogens (tertiary/aromatic N) is 2. The van der Waals surface area contributed by atoms with E-state index in [4.69, 9.17) is 0 Å². The highest BCUT2D eigenvalue weighted by Crippen LogP contribution is 2.20. The lowest BCUT2D eigenvalue weighted by atomic mass is 10.1. The number of nitro benzene ring substituents is 1. The Morgan fingerprint density at radius 3 is 2.57 bits per heavy atom. The highest BCUT2D eigenvalue weighted by Gasteiger charge is 2.17. The van der Waals surface area contributed by atoms with Gasteiger partial charge >= 0.3 is 0 Å². The number of nitrogens with one attached hydrogen (secondary N) is 1. The molecule has 0 aliphatic carbocycles. The van der Waals surface area contributed by atoms with Gasteiger partial charge in [0, 0.05) is 16.5 Å². The third-order valence-electron chi connectivity index (χ3n) is 3.24. The summed E-state index contributed by atoms with van der Waals surface area (Å²) in [4.78, 5) is 23.6. The van der Waals surface area contributed by atoms with Crippen LogP contribution in [0.25, 0.3) is 0 Å². The SMILES string of the molecule is CSc1ccc(/C=N\NC(=O)c2cccc([N+](=O)[O-])c2C)cc1. The monoisotopic (exact) mass is 329 g/mol. The topological polar surface area (TPSA) is 84.6 Å². The molecule has 0 heterocycles. The van der Waals surface area contributed by atoms with Crippen molar-refractivity contribution in [1.82, 2.24) is 5.43 Å². The van der Waals surface area contributed by atoms with Crippen LogP contribution in [0.5, 0.6) is 0 Å². The summed E-state index contributed by atoms with van der Waals surface area (Å²) in [5.74, 6) is -0.483. The van der Waals surface area contributed by atoms with Crippen LogP contribution in [0, 0.1) is 17.0 Å². The van der Waals surface area contributed by atoms with Crippen molar-refractivity contribution in [2.24, 2.45) is 5.10 Å². The molecule has 7 heteroatoms. The van der Waals surface area contributed by atoms with Crippen LogP contribution in [0.3, 0.4) is 0 Å². The molecule has 118 valence electrons. The Bertz CT molecular complexity index is 758. The van der Waals surface area contributed by atoms with Crippen LogP contribution in [0.1, 0.15) is 21.5 Å². The number of rotatable bonds is 5. The second-order valence-corrected chi connectivity index (χ2v) is 5.56. The molecule has 0 radical (unpaired) electrons. The molecule has 0 bridgehead atoms. The van der Waals surface area contributed by atoms with E-state index in [0.29, 0.717) is 5.56 Å². The fraction of sp³-hybridized carbons (Fsp3) is 0.125. The van der Waals surface area contributed by atoms with Crippen LogP contribution >= 0.6 is 11.8 Å². The van der Waals surface area contributed by atoms with Gasteiger partial charge in [0.15, 0.2) is 0 Å². The average Bonchev–Trinajstić information content (AvgIpc) is 2.55. The van der Waals surface area contributed by atoms with E-state index in [2.05, 4.69) is 10.5 Å². The summed E-state index contributed by atoms with van der Waals surface area (Å²) in [6, 6.07) is 12.1. The molecule has 0 aliphatic rings. The van der Waals surface area contributed by atoms with Crippen LogP contribution in [0.2, 0.25) is 0 Å². The lowest BCUT2D eigenvalue weighted by molar-refractivity contribution is -0.385. The summed E-state index contributed by atoms with van der Waals surface area (Å²) < 4.78 is 0. The van der Waals surface area contributed by atoms with Gasteiger partial charge in [0.1, 0.15) is 0 Å². The summed E-state index contributed by atoms with van der Waals surface area (Å²) in [6.45, 7) is 1.54. The Labute approximate surface area is 137 Å². The Morgan fingerprint density at radius 1 is 1.26 bits per heavy atom. The van der Waals surface area contributed by atoms with Crippen LogP contribution < -0.4 is 5.43 Å². The summed E-state index contributed by atoms with van der Waals surface area (Å²) in [5, 5.41) is 14.8. The van der Waals surface area contributed by atoms with Crippen LogP contribution in [-0.4, -0.2) is 23.3 Å². The van der Waals surface area contributed by atoms with Crippen molar-refractivity contribution in [3.8, 4) is 0 Å². The summed E-state index contributed by atoms with van der Waals surface area (Å²) in [7, 11) is 0. The number of nitro groups is 1. The van der Waals surface area contributed by atoms with E-state index in [1.807, 2.05) is 30.5 Å². The molecule has 2 rings (SSSR count). The van der Waals surface area contributed by atoms with Gasteiger partial charge in [-0.05, 0) is 36.9 Å². The van der Waals surface area contributed by atoms with E-state index in [1.165, 1.54) is 31.3 Å². The van der Waals surface area contributed by atoms with Gasteiger partial charge in [-0.1, -0.05) is 18.2 Å². The van der Waals surface area contributed by atoms with Gasteiger partial charge in [-0.15, -0.1) is 11.8 Å². The molecule has 0 aromatic heterocycles. The van der Waals surface area contributed by atoms with Crippen molar-refractivity contribution in [2.45, 2.75) is 11.8 Å². The number of hydrogen-bond donors (Lipinski definition) is 1. The molecule has 6 nitrogen and oxygen atoms in total. The second-order valence-electron chi connectivity index (χ2n) is 4.68. The zero-order valence-electron chi connectivity index (χ0n) is 12.6. The maximum absolute atomic E-state index is 12.1. The number of carbonyl (C=O) groups excluding carboxylic acids is 1. The largest absolute Gasteiger partial charge is 0.273 e. The molecule has 0 saturated heterocycles. The van der Waals surface area contributed by atoms with Gasteiger partial charge in [-0.25, -0.2) is 5.43 Å². The van der Waals surface area contributed by atoms with Crippen molar-refractivity contribution < 1.29 is 9.72 Å². The van der Waals surface area contributed by atoms with Crippen molar-refractivity contribution in [3.63, 3.8) is 0 Å². The smallest absolute Gasteiger partial charge is 0.267 e. The lowest BCUT2D eigenvalue weighted by Crippen LogP contribution is -2.19. The summed E-state index contributed by atoms with van der Waals surface area (Å²) in [6.07, 6.45) is 3.51. The normalized spacial score (nSPS) is 10.7. The number of carbonyl (C=O) groups is 1. The Hall–Kier alpha value is -2.67. The highest BCUT2D eigenvalue weighted by atomic mass is 32.2. The van der Waals surface area contributed by atoms with Gasteiger partial charge in [0.05, 0.1) is 16.7 Å². The first-order valence-corrected chi connectivity index (χ1v) is 7.97. The van der Waals surface area contributed by atoms with Crippen LogP contribution in [0.15, 0.2) is 52.5 Å².